The molecule has 0 aromatic carbocycles. The molecule has 1 N–H and O–H groups in total. The Morgan fingerprint density at radius 2 is 2.11 bits per heavy atom. The molecule has 6 heteroatoms. The van der Waals surface area contributed by atoms with E-state index >= 15 is 0 Å². The normalized spacial score (nSPS) is 20.4. The molecule has 1 aromatic rings. The number of nitrogens with zero attached hydrogens (tertiary/aromatic N) is 2. The Kier molecular flexibility index (Phi) is 4.90. The fraction of sp³-hybridized carbons (Fsp3) is 0.846. The molecule has 0 amide bonds. The van der Waals surface area contributed by atoms with Crippen molar-refractivity contribution in [2.24, 2.45) is 0 Å². The number of ether oxygens (including phenoxy) is 2. The molecule has 6 nitrogen and oxygen atoms in total. The van der Waals surface area contributed by atoms with Crippen LogP contribution in [0.5, 0.6) is 0 Å². The number of aromatic nitrogens is 2. The Balaban J connectivity index is 2.22. The van der Waals surface area contributed by atoms with E-state index in [1.54, 1.807) is 0 Å². The molecule has 0 bridgehead atoms. The monoisotopic (exact) mass is 269 g/mol. The molecule has 0 spiro atoms. The van der Waals surface area contributed by atoms with Gasteiger partial charge in [0.1, 0.15) is 5.60 Å². The zero-order chi connectivity index (χ0) is 13.7. The number of rotatable bonds is 6. The van der Waals surface area contributed by atoms with Crippen molar-refractivity contribution < 1.29 is 14.0 Å². The minimum Gasteiger partial charge on any atom is -0.381 e. The van der Waals surface area contributed by atoms with Crippen molar-refractivity contribution >= 4 is 0 Å². The van der Waals surface area contributed by atoms with E-state index in [0.717, 1.165) is 19.3 Å². The highest BCUT2D eigenvalue weighted by Crippen LogP contribution is 2.34. The number of hydrogen-bond donors (Lipinski definition) is 1. The lowest BCUT2D eigenvalue weighted by molar-refractivity contribution is -0.118. The Labute approximate surface area is 113 Å². The quantitative estimate of drug-likeness (QED) is 0.849. The van der Waals surface area contributed by atoms with E-state index in [1.807, 2.05) is 14.0 Å². The molecule has 1 unspecified atom stereocenters. The molecule has 108 valence electrons. The topological polar surface area (TPSA) is 69.4 Å². The van der Waals surface area contributed by atoms with Gasteiger partial charge in [-0.2, -0.15) is 4.98 Å². The van der Waals surface area contributed by atoms with Crippen LogP contribution in [0.15, 0.2) is 4.52 Å². The van der Waals surface area contributed by atoms with E-state index in [9.17, 15) is 0 Å². The van der Waals surface area contributed by atoms with Gasteiger partial charge in [-0.25, -0.2) is 0 Å². The molecule has 1 aliphatic heterocycles. The lowest BCUT2D eigenvalue weighted by atomic mass is 9.93. The molecule has 1 saturated heterocycles. The van der Waals surface area contributed by atoms with Crippen LogP contribution in [-0.2, 0) is 15.1 Å². The fourth-order valence-electron chi connectivity index (χ4n) is 2.47. The highest BCUT2D eigenvalue weighted by Gasteiger charge is 2.40. The summed E-state index contributed by atoms with van der Waals surface area (Å²) in [6.45, 7) is 6.05. The summed E-state index contributed by atoms with van der Waals surface area (Å²) in [4.78, 5) is 4.55. The van der Waals surface area contributed by atoms with Crippen LogP contribution in [0.4, 0.5) is 0 Å². The maximum atomic E-state index is 5.93. The second kappa shape index (κ2) is 6.45. The molecule has 19 heavy (non-hydrogen) atoms. The van der Waals surface area contributed by atoms with Gasteiger partial charge in [-0.15, -0.1) is 0 Å². The summed E-state index contributed by atoms with van der Waals surface area (Å²) in [5.74, 6) is 1.28. The molecule has 1 fully saturated rings. The van der Waals surface area contributed by atoms with Crippen molar-refractivity contribution in [3.63, 3.8) is 0 Å². The zero-order valence-electron chi connectivity index (χ0n) is 11.9. The zero-order valence-corrected chi connectivity index (χ0v) is 11.9. The van der Waals surface area contributed by atoms with Crippen molar-refractivity contribution in [3.8, 4) is 0 Å². The summed E-state index contributed by atoms with van der Waals surface area (Å²) in [5.41, 5.74) is -0.444. The van der Waals surface area contributed by atoms with Gasteiger partial charge in [0.25, 0.3) is 0 Å². The molecule has 2 rings (SSSR count). The van der Waals surface area contributed by atoms with Crippen molar-refractivity contribution in [1.82, 2.24) is 15.5 Å². The molecule has 1 aromatic heterocycles. The first kappa shape index (κ1) is 14.4. The third kappa shape index (κ3) is 2.96. The minimum absolute atomic E-state index is 0.0970. The number of nitrogens with one attached hydrogen (secondary N) is 1. The lowest BCUT2D eigenvalue weighted by Gasteiger charge is -2.33. The molecule has 0 aliphatic carbocycles. The van der Waals surface area contributed by atoms with Crippen molar-refractivity contribution in [1.29, 1.82) is 0 Å². The van der Waals surface area contributed by atoms with Crippen LogP contribution in [0.3, 0.4) is 0 Å². The van der Waals surface area contributed by atoms with Gasteiger partial charge in [-0.05, 0) is 20.4 Å². The van der Waals surface area contributed by atoms with Crippen LogP contribution in [0.25, 0.3) is 0 Å². The van der Waals surface area contributed by atoms with Gasteiger partial charge in [-0.1, -0.05) is 12.1 Å². The van der Waals surface area contributed by atoms with Gasteiger partial charge >= 0.3 is 0 Å². The van der Waals surface area contributed by atoms with Crippen LogP contribution in [0.2, 0.25) is 0 Å². The first-order valence-corrected chi connectivity index (χ1v) is 6.98. The van der Waals surface area contributed by atoms with Crippen LogP contribution in [-0.4, -0.2) is 37.0 Å². The molecule has 1 aliphatic rings. The average molecular weight is 269 g/mol. The highest BCUT2D eigenvalue weighted by atomic mass is 16.5. The predicted molar refractivity (Wildman–Crippen MR) is 69.7 cm³/mol. The van der Waals surface area contributed by atoms with Crippen LogP contribution < -0.4 is 5.32 Å². The van der Waals surface area contributed by atoms with Gasteiger partial charge in [-0.3, -0.25) is 0 Å². The standard InChI is InChI=1S/C13H23N3O3/c1-4-10(14-3)11-15-12(16-19-11)13(18-5-2)6-8-17-9-7-13/h10,14H,4-9H2,1-3H3. The predicted octanol–water partition coefficient (Wildman–Crippen LogP) is 1.78. The van der Waals surface area contributed by atoms with E-state index in [4.69, 9.17) is 14.0 Å². The maximum absolute atomic E-state index is 5.93. The Morgan fingerprint density at radius 3 is 2.68 bits per heavy atom. The summed E-state index contributed by atoms with van der Waals surface area (Å²) < 4.78 is 16.7. The van der Waals surface area contributed by atoms with E-state index in [-0.39, 0.29) is 6.04 Å². The van der Waals surface area contributed by atoms with E-state index in [2.05, 4.69) is 22.4 Å². The Morgan fingerprint density at radius 1 is 1.37 bits per heavy atom. The van der Waals surface area contributed by atoms with Crippen LogP contribution >= 0.6 is 0 Å². The molecule has 0 saturated carbocycles. The second-order valence-electron chi connectivity index (χ2n) is 4.75. The first-order valence-electron chi connectivity index (χ1n) is 6.98. The van der Waals surface area contributed by atoms with Crippen LogP contribution in [0, 0.1) is 0 Å². The summed E-state index contributed by atoms with van der Waals surface area (Å²) in [7, 11) is 1.89. The highest BCUT2D eigenvalue weighted by molar-refractivity contribution is 5.04. The van der Waals surface area contributed by atoms with Crippen LogP contribution in [0.1, 0.15) is 50.9 Å². The summed E-state index contributed by atoms with van der Waals surface area (Å²) in [6.07, 6.45) is 2.45. The average Bonchev–Trinajstić information content (AvgIpc) is 2.92. The van der Waals surface area contributed by atoms with E-state index < -0.39 is 5.60 Å². The molecular weight excluding hydrogens is 246 g/mol. The molecule has 2 heterocycles. The van der Waals surface area contributed by atoms with Crippen molar-refractivity contribution in [3.05, 3.63) is 11.7 Å². The first-order chi connectivity index (χ1) is 9.25. The molecule has 1 atom stereocenters. The van der Waals surface area contributed by atoms with Crippen molar-refractivity contribution in [2.75, 3.05) is 26.9 Å². The minimum atomic E-state index is -0.444. The second-order valence-corrected chi connectivity index (χ2v) is 4.75. The number of hydrogen-bond acceptors (Lipinski definition) is 6. The van der Waals surface area contributed by atoms with Gasteiger partial charge < -0.3 is 19.3 Å². The van der Waals surface area contributed by atoms with Gasteiger partial charge in [0.15, 0.2) is 0 Å². The fourth-order valence-corrected chi connectivity index (χ4v) is 2.47. The van der Waals surface area contributed by atoms with Crippen molar-refractivity contribution in [2.45, 2.75) is 44.8 Å². The van der Waals surface area contributed by atoms with E-state index in [0.29, 0.717) is 31.5 Å². The SMILES string of the molecule is CCOC1(c2noc(C(CC)NC)n2)CCOCC1. The van der Waals surface area contributed by atoms with Gasteiger partial charge in [0.2, 0.25) is 11.7 Å². The van der Waals surface area contributed by atoms with E-state index in [1.165, 1.54) is 0 Å². The third-order valence-corrected chi connectivity index (χ3v) is 3.63. The Hall–Kier alpha value is -0.980. The molecular formula is C13H23N3O3. The Bertz CT molecular complexity index is 379. The lowest BCUT2D eigenvalue weighted by Crippen LogP contribution is -2.37. The largest absolute Gasteiger partial charge is 0.381 e. The summed E-state index contributed by atoms with van der Waals surface area (Å²) in [5, 5.41) is 7.31. The third-order valence-electron chi connectivity index (χ3n) is 3.63. The van der Waals surface area contributed by atoms with Gasteiger partial charge in [0.05, 0.1) is 6.04 Å². The maximum Gasteiger partial charge on any atom is 0.243 e. The smallest absolute Gasteiger partial charge is 0.243 e. The molecule has 0 radical (unpaired) electrons. The summed E-state index contributed by atoms with van der Waals surface area (Å²) >= 11 is 0. The summed E-state index contributed by atoms with van der Waals surface area (Å²) in [6, 6.07) is 0.0970. The van der Waals surface area contributed by atoms with Gasteiger partial charge in [0, 0.05) is 32.7 Å².